The predicted octanol–water partition coefficient (Wildman–Crippen LogP) is 4.68. The highest BCUT2D eigenvalue weighted by Crippen LogP contribution is 2.57. The zero-order valence-corrected chi connectivity index (χ0v) is 21.7. The molecule has 0 aliphatic carbocycles. The van der Waals surface area contributed by atoms with Gasteiger partial charge in [0.15, 0.2) is 0 Å². The van der Waals surface area contributed by atoms with Crippen molar-refractivity contribution in [3.63, 3.8) is 0 Å². The number of nitrogens with zero attached hydrogens (tertiary/aromatic N) is 2. The molecule has 4 atom stereocenters. The van der Waals surface area contributed by atoms with E-state index in [1.807, 2.05) is 13.8 Å². The Labute approximate surface area is 208 Å². The van der Waals surface area contributed by atoms with Crippen LogP contribution in [0.3, 0.4) is 0 Å². The molecule has 0 radical (unpaired) electrons. The van der Waals surface area contributed by atoms with Crippen molar-refractivity contribution in [3.8, 4) is 0 Å². The molecule has 190 valence electrons. The van der Waals surface area contributed by atoms with Crippen LogP contribution < -0.4 is 11.0 Å². The van der Waals surface area contributed by atoms with Crippen LogP contribution in [0, 0.1) is 29.2 Å². The summed E-state index contributed by atoms with van der Waals surface area (Å²) in [6.45, 7) is 5.78. The lowest BCUT2D eigenvalue weighted by atomic mass is 9.89. The highest BCUT2D eigenvalue weighted by atomic mass is 32.2. The number of carbonyl (C=O) groups is 1. The summed E-state index contributed by atoms with van der Waals surface area (Å²) in [7, 11) is 1.38. The maximum Gasteiger partial charge on any atom is 0.273 e. The van der Waals surface area contributed by atoms with Gasteiger partial charge in [-0.15, -0.1) is 0 Å². The van der Waals surface area contributed by atoms with Crippen molar-refractivity contribution in [2.24, 2.45) is 16.8 Å². The van der Waals surface area contributed by atoms with Crippen molar-refractivity contribution in [1.82, 2.24) is 5.01 Å². The Balaban J connectivity index is 0.00000167. The van der Waals surface area contributed by atoms with E-state index in [-0.39, 0.29) is 42.5 Å². The highest BCUT2D eigenvalue weighted by Gasteiger charge is 2.57. The quantitative estimate of drug-likeness (QED) is 0.452. The number of carbonyl (C=O) groups excluding carboxylic acids is 1. The first kappa shape index (κ1) is 27.6. The number of benzene rings is 2. The summed E-state index contributed by atoms with van der Waals surface area (Å²) in [6, 6.07) is 4.93. The van der Waals surface area contributed by atoms with Crippen LogP contribution >= 0.6 is 20.3 Å². The van der Waals surface area contributed by atoms with Gasteiger partial charge in [-0.2, -0.15) is 5.10 Å². The van der Waals surface area contributed by atoms with E-state index in [0.29, 0.717) is 12.6 Å². The Morgan fingerprint density at radius 2 is 1.94 bits per heavy atom. The van der Waals surface area contributed by atoms with Gasteiger partial charge in [-0.05, 0) is 50.3 Å². The van der Waals surface area contributed by atoms with E-state index in [9.17, 15) is 22.4 Å². The van der Waals surface area contributed by atoms with Gasteiger partial charge in [0.1, 0.15) is 39.3 Å². The van der Waals surface area contributed by atoms with Gasteiger partial charge < -0.3 is 10.5 Å². The molecule has 0 saturated carbocycles. The number of nitrogens with two attached hydrogens (primary N) is 1. The summed E-state index contributed by atoms with van der Waals surface area (Å²) in [6.07, 6.45) is -0.0380. The molecule has 0 saturated heterocycles. The monoisotopic (exact) mass is 529 g/mol. The molecule has 2 aliphatic heterocycles. The molecule has 2 unspecified atom stereocenters. The van der Waals surface area contributed by atoms with Gasteiger partial charge in [-0.25, -0.2) is 22.6 Å². The number of hydrogen-bond acceptors (Lipinski definition) is 5. The molecule has 2 heterocycles. The fraction of sp³-hybridized carbons (Fsp3) is 0.417. The lowest BCUT2D eigenvalue weighted by Crippen LogP contribution is -2.54. The Bertz CT molecular complexity index is 1140. The van der Waals surface area contributed by atoms with E-state index in [4.69, 9.17) is 10.5 Å². The molecule has 0 aromatic heterocycles. The molecule has 11 heteroatoms. The minimum absolute atomic E-state index is 0.0263. The minimum Gasteiger partial charge on any atom is -0.372 e. The third-order valence-corrected chi connectivity index (χ3v) is 8.95. The van der Waals surface area contributed by atoms with Crippen molar-refractivity contribution in [1.29, 1.82) is 0 Å². The number of thioether (sulfide) groups is 1. The summed E-state index contributed by atoms with van der Waals surface area (Å²) in [4.78, 5) is 12.0. The number of hydrogen-bond donors (Lipinski definition) is 1. The number of rotatable bonds is 5. The van der Waals surface area contributed by atoms with Gasteiger partial charge in [-0.1, -0.05) is 34.2 Å². The van der Waals surface area contributed by atoms with Crippen molar-refractivity contribution < 1.29 is 27.1 Å². The van der Waals surface area contributed by atoms with Crippen molar-refractivity contribution in [2.45, 2.75) is 38.2 Å². The van der Waals surface area contributed by atoms with Crippen LogP contribution in [0.1, 0.15) is 38.3 Å². The Hall–Kier alpha value is -2.00. The summed E-state index contributed by atoms with van der Waals surface area (Å²) in [5, 5.41) is 5.85. The third-order valence-electron chi connectivity index (χ3n) is 5.86. The smallest absolute Gasteiger partial charge is 0.273 e. The first-order chi connectivity index (χ1) is 16.7. The van der Waals surface area contributed by atoms with E-state index < -0.39 is 40.2 Å². The van der Waals surface area contributed by atoms with Gasteiger partial charge >= 0.3 is 0 Å². The number of ether oxygens (including phenoxy) is 1. The van der Waals surface area contributed by atoms with Crippen LogP contribution in [0.15, 0.2) is 35.4 Å². The second kappa shape index (κ2) is 11.4. The van der Waals surface area contributed by atoms with Gasteiger partial charge in [0.25, 0.3) is 5.91 Å². The standard InChI is InChI=1S/C22H22F4N3O2PS.C2H6/c1-11(31-2)21(30)29-22(33-20(28-29)15-7-13(23)3-4-17(15)25)12(5-6-27)10-32-19-16(22)8-14(24)9-18(19)26;1-2/h3-4,7-9,11-12,32H,5-6,10,27H2,1-2H3;1-2H3/t11-,12?,22-;/m0./s1. The molecule has 2 N–H and O–H groups in total. The summed E-state index contributed by atoms with van der Waals surface area (Å²) >= 11 is 0.991. The fourth-order valence-electron chi connectivity index (χ4n) is 4.18. The number of methoxy groups -OCH3 is 1. The van der Waals surface area contributed by atoms with Gasteiger partial charge in [-0.3, -0.25) is 4.79 Å². The molecule has 2 aliphatic rings. The van der Waals surface area contributed by atoms with Crippen molar-refractivity contribution in [2.75, 3.05) is 19.8 Å². The lowest BCUT2D eigenvalue weighted by molar-refractivity contribution is -0.146. The minimum atomic E-state index is -1.39. The van der Waals surface area contributed by atoms with Crippen LogP contribution in [0.2, 0.25) is 0 Å². The zero-order chi connectivity index (χ0) is 25.9. The molecule has 1 amide bonds. The number of amides is 1. The molecule has 5 nitrogen and oxygen atoms in total. The molecular formula is C24H28F4N3O2PS. The van der Waals surface area contributed by atoms with E-state index in [1.54, 1.807) is 0 Å². The average Bonchev–Trinajstić information content (AvgIpc) is 3.24. The van der Waals surface area contributed by atoms with Crippen LogP contribution in [-0.2, 0) is 14.4 Å². The topological polar surface area (TPSA) is 67.9 Å². The van der Waals surface area contributed by atoms with Gasteiger partial charge in [0.05, 0.1) is 0 Å². The fourth-order valence-corrected chi connectivity index (χ4v) is 7.60. The predicted molar refractivity (Wildman–Crippen MR) is 133 cm³/mol. The van der Waals surface area contributed by atoms with E-state index in [2.05, 4.69) is 5.10 Å². The molecule has 2 aromatic carbocycles. The molecule has 2 aromatic rings. The highest BCUT2D eigenvalue weighted by molar-refractivity contribution is 8.15. The van der Waals surface area contributed by atoms with Gasteiger partial charge in [0, 0.05) is 35.5 Å². The van der Waals surface area contributed by atoms with E-state index in [1.165, 1.54) is 20.1 Å². The number of fused-ring (bicyclic) bond motifs is 2. The molecule has 0 fully saturated rings. The molecule has 1 spiro atoms. The van der Waals surface area contributed by atoms with Crippen LogP contribution in [0.4, 0.5) is 17.6 Å². The van der Waals surface area contributed by atoms with Crippen molar-refractivity contribution >= 4 is 36.6 Å². The molecule has 4 rings (SSSR count). The Morgan fingerprint density at radius 1 is 1.23 bits per heavy atom. The second-order valence-corrected chi connectivity index (χ2v) is 10.3. The van der Waals surface area contributed by atoms with Crippen LogP contribution in [-0.4, -0.2) is 41.9 Å². The van der Waals surface area contributed by atoms with E-state index >= 15 is 0 Å². The van der Waals surface area contributed by atoms with Crippen LogP contribution in [0.25, 0.3) is 0 Å². The third kappa shape index (κ3) is 4.99. The molecule has 0 bridgehead atoms. The zero-order valence-electron chi connectivity index (χ0n) is 19.9. The largest absolute Gasteiger partial charge is 0.372 e. The summed E-state index contributed by atoms with van der Waals surface area (Å²) in [5.74, 6) is -3.84. The second-order valence-electron chi connectivity index (χ2n) is 7.82. The first-order valence-corrected chi connectivity index (χ1v) is 13.3. The maximum atomic E-state index is 14.8. The maximum absolute atomic E-state index is 14.8. The Kier molecular flexibility index (Phi) is 8.96. The molecule has 35 heavy (non-hydrogen) atoms. The summed E-state index contributed by atoms with van der Waals surface area (Å²) < 4.78 is 63.1. The lowest BCUT2D eigenvalue weighted by Gasteiger charge is -2.46. The normalized spacial score (nSPS) is 22.5. The molecular weight excluding hydrogens is 501 g/mol. The van der Waals surface area contributed by atoms with Gasteiger partial charge in [0.2, 0.25) is 0 Å². The van der Waals surface area contributed by atoms with Crippen molar-refractivity contribution in [3.05, 3.63) is 64.7 Å². The van der Waals surface area contributed by atoms with Crippen LogP contribution in [0.5, 0.6) is 0 Å². The van der Waals surface area contributed by atoms with E-state index in [0.717, 1.165) is 41.0 Å². The summed E-state index contributed by atoms with van der Waals surface area (Å²) in [5.41, 5.74) is 5.97. The Morgan fingerprint density at radius 3 is 2.60 bits per heavy atom. The number of hydrazone groups is 1. The average molecular weight is 530 g/mol. The number of halogens is 4. The SMILES string of the molecule is CC.CO[C@@H](C)C(=O)N1N=C(c2cc(F)ccc2F)S[C@@]12c1cc(F)cc(F)c1PCC2CCN. The first-order valence-electron chi connectivity index (χ1n) is 11.3.